The Bertz CT molecular complexity index is 877. The van der Waals surface area contributed by atoms with Gasteiger partial charge in [-0.25, -0.2) is 4.79 Å². The summed E-state index contributed by atoms with van der Waals surface area (Å²) in [5, 5.41) is 22.2. The second kappa shape index (κ2) is 8.70. The smallest absolute Gasteiger partial charge is 0.408 e. The van der Waals surface area contributed by atoms with E-state index in [0.717, 1.165) is 11.6 Å². The van der Waals surface area contributed by atoms with E-state index >= 15 is 0 Å². The molecule has 0 bridgehead atoms. The number of alkyl carbamates (subject to hydrolysis) is 1. The lowest BCUT2D eigenvalue weighted by Crippen LogP contribution is -2.24. The molecule has 0 aromatic heterocycles. The summed E-state index contributed by atoms with van der Waals surface area (Å²) >= 11 is 0. The van der Waals surface area contributed by atoms with E-state index in [4.69, 9.17) is 10.00 Å². The van der Waals surface area contributed by atoms with Crippen molar-refractivity contribution in [2.45, 2.75) is 6.61 Å². The molecule has 0 saturated carbocycles. The van der Waals surface area contributed by atoms with Gasteiger partial charge in [0, 0.05) is 6.07 Å². The minimum absolute atomic E-state index is 0.0230. The van der Waals surface area contributed by atoms with Gasteiger partial charge >= 0.3 is 6.09 Å². The fourth-order valence-corrected chi connectivity index (χ4v) is 1.89. The van der Waals surface area contributed by atoms with Gasteiger partial charge in [0.2, 0.25) is 0 Å². The Balaban J connectivity index is 1.89. The van der Waals surface area contributed by atoms with E-state index in [1.54, 1.807) is 0 Å². The molecule has 0 radical (unpaired) electrons. The first-order valence-corrected chi connectivity index (χ1v) is 7.22. The van der Waals surface area contributed by atoms with Crippen molar-refractivity contribution in [1.29, 1.82) is 5.26 Å². The van der Waals surface area contributed by atoms with Crippen LogP contribution in [0.1, 0.15) is 16.7 Å². The quantitative estimate of drug-likeness (QED) is 0.525. The van der Waals surface area contributed by atoms with Gasteiger partial charge in [0.15, 0.2) is 0 Å². The molecular weight excluding hydrogens is 322 g/mol. The molecule has 7 nitrogen and oxygen atoms in total. The highest BCUT2D eigenvalue weighted by molar-refractivity contribution is 5.67. The van der Waals surface area contributed by atoms with Gasteiger partial charge in [0.1, 0.15) is 12.2 Å². The van der Waals surface area contributed by atoms with Crippen molar-refractivity contribution in [2.75, 3.05) is 6.54 Å². The largest absolute Gasteiger partial charge is 0.445 e. The number of rotatable bonds is 4. The first-order chi connectivity index (χ1) is 12.1. The molecule has 0 heterocycles. The first-order valence-electron chi connectivity index (χ1n) is 7.22. The molecule has 7 heteroatoms. The average molecular weight is 335 g/mol. The lowest BCUT2D eigenvalue weighted by atomic mass is 10.1. The molecule has 0 aliphatic heterocycles. The molecule has 1 N–H and O–H groups in total. The number of carbonyl (C=O) groups is 1. The first kappa shape index (κ1) is 17.5. The van der Waals surface area contributed by atoms with E-state index in [-0.39, 0.29) is 30.0 Å². The van der Waals surface area contributed by atoms with Crippen LogP contribution in [0.2, 0.25) is 0 Å². The Hall–Kier alpha value is -3.84. The van der Waals surface area contributed by atoms with Crippen LogP contribution < -0.4 is 5.32 Å². The fraction of sp³-hybridized carbons (Fsp3) is 0.111. The summed E-state index contributed by atoms with van der Waals surface area (Å²) in [6.07, 6.45) is -0.632. The molecule has 0 spiro atoms. The summed E-state index contributed by atoms with van der Waals surface area (Å²) in [5.41, 5.74) is 0.957. The van der Waals surface area contributed by atoms with Gasteiger partial charge in [0.25, 0.3) is 5.69 Å². The number of amides is 1. The third-order valence-corrected chi connectivity index (χ3v) is 3.08. The summed E-state index contributed by atoms with van der Waals surface area (Å²) in [6.45, 7) is 0.117. The summed E-state index contributed by atoms with van der Waals surface area (Å²) in [4.78, 5) is 21.9. The van der Waals surface area contributed by atoms with Crippen molar-refractivity contribution in [3.8, 4) is 17.9 Å². The Morgan fingerprint density at radius 3 is 2.68 bits per heavy atom. The van der Waals surface area contributed by atoms with Crippen LogP contribution in [-0.4, -0.2) is 17.6 Å². The van der Waals surface area contributed by atoms with Gasteiger partial charge in [-0.1, -0.05) is 42.2 Å². The highest BCUT2D eigenvalue weighted by atomic mass is 16.6. The Labute approximate surface area is 144 Å². The number of nitrogens with one attached hydrogen (secondary N) is 1. The molecule has 0 saturated heterocycles. The molecule has 2 aromatic rings. The zero-order chi connectivity index (χ0) is 18.1. The number of nitro benzene ring substituents is 1. The molecule has 0 aliphatic rings. The van der Waals surface area contributed by atoms with Crippen LogP contribution in [0.15, 0.2) is 48.5 Å². The van der Waals surface area contributed by atoms with Crippen LogP contribution in [0, 0.1) is 33.3 Å². The highest BCUT2D eigenvalue weighted by Gasteiger charge is 2.12. The Morgan fingerprint density at radius 1 is 1.24 bits per heavy atom. The summed E-state index contributed by atoms with van der Waals surface area (Å²) < 4.78 is 5.01. The van der Waals surface area contributed by atoms with Gasteiger partial charge in [-0.05, 0) is 17.7 Å². The van der Waals surface area contributed by atoms with Crippen molar-refractivity contribution < 1.29 is 14.5 Å². The normalized spacial score (nSPS) is 9.24. The van der Waals surface area contributed by atoms with Crippen LogP contribution in [0.4, 0.5) is 10.5 Å². The van der Waals surface area contributed by atoms with Gasteiger partial charge < -0.3 is 10.1 Å². The number of hydrogen-bond acceptors (Lipinski definition) is 5. The number of nitriles is 1. The molecule has 124 valence electrons. The van der Waals surface area contributed by atoms with Crippen molar-refractivity contribution >= 4 is 11.8 Å². The molecule has 2 rings (SSSR count). The molecule has 0 unspecified atom stereocenters. The highest BCUT2D eigenvalue weighted by Crippen LogP contribution is 2.18. The molecule has 0 atom stereocenters. The lowest BCUT2D eigenvalue weighted by Gasteiger charge is -2.04. The number of carbonyl (C=O) groups excluding carboxylic acids is 1. The fourth-order valence-electron chi connectivity index (χ4n) is 1.89. The van der Waals surface area contributed by atoms with Crippen molar-refractivity contribution in [1.82, 2.24) is 5.32 Å². The summed E-state index contributed by atoms with van der Waals surface area (Å²) in [5.74, 6) is 5.22. The second-order valence-electron chi connectivity index (χ2n) is 4.82. The third kappa shape index (κ3) is 5.38. The van der Waals surface area contributed by atoms with Crippen LogP contribution in [0.25, 0.3) is 0 Å². The van der Waals surface area contributed by atoms with E-state index < -0.39 is 11.0 Å². The van der Waals surface area contributed by atoms with Crippen LogP contribution >= 0.6 is 0 Å². The number of ether oxygens (including phenoxy) is 1. The van der Waals surface area contributed by atoms with E-state index in [1.165, 1.54) is 12.1 Å². The maximum atomic E-state index is 11.5. The van der Waals surface area contributed by atoms with Crippen LogP contribution in [-0.2, 0) is 11.3 Å². The number of nitro groups is 1. The number of benzene rings is 2. The number of hydrogen-bond donors (Lipinski definition) is 1. The minimum Gasteiger partial charge on any atom is -0.445 e. The average Bonchev–Trinajstić information content (AvgIpc) is 2.64. The maximum absolute atomic E-state index is 11.5. The maximum Gasteiger partial charge on any atom is 0.408 e. The summed E-state index contributed by atoms with van der Waals surface area (Å²) in [6, 6.07) is 15.0. The van der Waals surface area contributed by atoms with Gasteiger partial charge in [-0.15, -0.1) is 0 Å². The lowest BCUT2D eigenvalue weighted by molar-refractivity contribution is -0.385. The van der Waals surface area contributed by atoms with E-state index in [1.807, 2.05) is 36.4 Å². The van der Waals surface area contributed by atoms with Crippen molar-refractivity contribution in [3.05, 3.63) is 75.3 Å². The van der Waals surface area contributed by atoms with Crippen LogP contribution in [0.3, 0.4) is 0 Å². The van der Waals surface area contributed by atoms with Crippen molar-refractivity contribution in [3.63, 3.8) is 0 Å². The minimum atomic E-state index is -0.632. The van der Waals surface area contributed by atoms with Gasteiger partial charge in [-0.2, -0.15) is 5.26 Å². The molecule has 1 amide bonds. The molecule has 25 heavy (non-hydrogen) atoms. The molecule has 0 fully saturated rings. The third-order valence-electron chi connectivity index (χ3n) is 3.08. The monoisotopic (exact) mass is 335 g/mol. The topological polar surface area (TPSA) is 105 Å². The van der Waals surface area contributed by atoms with Crippen LogP contribution in [0.5, 0.6) is 0 Å². The zero-order valence-electron chi connectivity index (χ0n) is 13.1. The van der Waals surface area contributed by atoms with E-state index in [9.17, 15) is 14.9 Å². The van der Waals surface area contributed by atoms with Crippen molar-refractivity contribution in [2.24, 2.45) is 0 Å². The Morgan fingerprint density at radius 2 is 2.00 bits per heavy atom. The Kier molecular flexibility index (Phi) is 6.10. The van der Waals surface area contributed by atoms with E-state index in [0.29, 0.717) is 0 Å². The second-order valence-corrected chi connectivity index (χ2v) is 4.82. The predicted octanol–water partition coefficient (Wildman–Crippen LogP) is 2.74. The molecule has 0 aliphatic carbocycles. The molecular formula is C18H13N3O4. The zero-order valence-corrected chi connectivity index (χ0v) is 13.1. The molecule has 2 aromatic carbocycles. The van der Waals surface area contributed by atoms with Gasteiger partial charge in [-0.3, -0.25) is 10.1 Å². The van der Waals surface area contributed by atoms with Gasteiger partial charge in [0.05, 0.1) is 23.1 Å². The standard InChI is InChI=1S/C18H13N3O4/c19-12-15-8-9-16(17(11-15)21(23)24)7-4-10-20-18(22)25-13-14-5-2-1-3-6-14/h1-3,5-6,8-9,11H,10,13H2,(H,20,22). The van der Waals surface area contributed by atoms with E-state index in [2.05, 4.69) is 17.2 Å². The predicted molar refractivity (Wildman–Crippen MR) is 89.3 cm³/mol. The number of nitrogens with zero attached hydrogens (tertiary/aromatic N) is 2. The SMILES string of the molecule is N#Cc1ccc(C#CCNC(=O)OCc2ccccc2)c([N+](=O)[O-])c1. The summed E-state index contributed by atoms with van der Waals surface area (Å²) in [7, 11) is 0.